The third-order valence-electron chi connectivity index (χ3n) is 2.70. The largest absolute Gasteiger partial charge is 0.481 e. The van der Waals surface area contributed by atoms with Crippen molar-refractivity contribution in [3.05, 3.63) is 45.8 Å². The monoisotopic (exact) mass is 278 g/mol. The summed E-state index contributed by atoms with van der Waals surface area (Å²) in [6.45, 7) is 1.94. The van der Waals surface area contributed by atoms with Crippen LogP contribution in [0.3, 0.4) is 0 Å². The first-order valence-corrected chi connectivity index (χ1v) is 7.04. The molecule has 5 heteroatoms. The molecule has 0 amide bonds. The molecule has 0 saturated heterocycles. The minimum atomic E-state index is -0.805. The van der Waals surface area contributed by atoms with Crippen LogP contribution in [-0.4, -0.2) is 16.8 Å². The van der Waals surface area contributed by atoms with Crippen molar-refractivity contribution >= 4 is 28.7 Å². The quantitative estimate of drug-likeness (QED) is 0.673. The lowest BCUT2D eigenvalue weighted by Crippen LogP contribution is -2.01. The number of rotatable bonds is 5. The Morgan fingerprint density at radius 3 is 2.89 bits per heavy atom. The van der Waals surface area contributed by atoms with Crippen molar-refractivity contribution in [1.82, 2.24) is 0 Å². The van der Waals surface area contributed by atoms with Crippen molar-refractivity contribution < 1.29 is 14.3 Å². The first kappa shape index (κ1) is 13.7. The summed E-state index contributed by atoms with van der Waals surface area (Å²) in [6, 6.07) is 7.21. The van der Waals surface area contributed by atoms with Gasteiger partial charge in [-0.3, -0.25) is 4.79 Å². The fourth-order valence-electron chi connectivity index (χ4n) is 1.80. The van der Waals surface area contributed by atoms with Gasteiger partial charge in [-0.15, -0.1) is 0 Å². The fraction of sp³-hybridized carbons (Fsp3) is 0.286. The van der Waals surface area contributed by atoms with Gasteiger partial charge in [0.25, 0.3) is 0 Å². The molecule has 19 heavy (non-hydrogen) atoms. The van der Waals surface area contributed by atoms with Gasteiger partial charge < -0.3 is 9.52 Å². The number of hydrogen-bond donors (Lipinski definition) is 1. The summed E-state index contributed by atoms with van der Waals surface area (Å²) in [6.07, 6.45) is 0.128. The van der Waals surface area contributed by atoms with Gasteiger partial charge in [-0.2, -0.15) is 11.8 Å². The van der Waals surface area contributed by atoms with E-state index in [0.717, 1.165) is 16.5 Å². The number of carboxylic acid groups (broad SMARTS) is 1. The maximum atomic E-state index is 11.5. The van der Waals surface area contributed by atoms with Crippen LogP contribution < -0.4 is 5.63 Å². The molecule has 0 aliphatic heterocycles. The molecule has 2 aromatic rings. The summed E-state index contributed by atoms with van der Waals surface area (Å²) >= 11 is 1.50. The minimum absolute atomic E-state index is 0.128. The van der Waals surface area contributed by atoms with E-state index in [4.69, 9.17) is 9.52 Å². The molecule has 0 bridgehead atoms. The number of carbonyl (C=O) groups is 1. The van der Waals surface area contributed by atoms with Gasteiger partial charge in [0.15, 0.2) is 0 Å². The van der Waals surface area contributed by atoms with Gasteiger partial charge in [0.05, 0.1) is 6.42 Å². The molecule has 0 spiro atoms. The summed E-state index contributed by atoms with van der Waals surface area (Å²) < 4.78 is 5.17. The van der Waals surface area contributed by atoms with Crippen molar-refractivity contribution in [2.45, 2.75) is 19.1 Å². The second-order valence-corrected chi connectivity index (χ2v) is 5.39. The molecule has 0 atom stereocenters. The molecule has 0 saturated carbocycles. The Kier molecular flexibility index (Phi) is 4.27. The normalized spacial score (nSPS) is 10.8. The highest BCUT2D eigenvalue weighted by Crippen LogP contribution is 2.22. The second kappa shape index (κ2) is 5.93. The van der Waals surface area contributed by atoms with Crippen LogP contribution in [-0.2, 0) is 10.5 Å². The van der Waals surface area contributed by atoms with Gasteiger partial charge in [0, 0.05) is 23.0 Å². The van der Waals surface area contributed by atoms with Crippen LogP contribution in [0.1, 0.15) is 17.5 Å². The van der Waals surface area contributed by atoms with Crippen LogP contribution in [0.2, 0.25) is 0 Å². The van der Waals surface area contributed by atoms with Crippen LogP contribution in [0, 0.1) is 6.92 Å². The number of benzene rings is 1. The van der Waals surface area contributed by atoms with E-state index in [0.29, 0.717) is 17.1 Å². The Morgan fingerprint density at radius 1 is 1.37 bits per heavy atom. The average molecular weight is 278 g/mol. The maximum Gasteiger partial charge on any atom is 0.336 e. The summed E-state index contributed by atoms with van der Waals surface area (Å²) in [4.78, 5) is 21.9. The first-order valence-electron chi connectivity index (χ1n) is 5.89. The summed E-state index contributed by atoms with van der Waals surface area (Å²) in [5, 5.41) is 9.49. The fourth-order valence-corrected chi connectivity index (χ4v) is 2.72. The highest BCUT2D eigenvalue weighted by molar-refractivity contribution is 7.98. The summed E-state index contributed by atoms with van der Waals surface area (Å²) in [5.41, 5.74) is 2.14. The summed E-state index contributed by atoms with van der Waals surface area (Å²) in [7, 11) is 0. The van der Waals surface area contributed by atoms with Crippen molar-refractivity contribution in [1.29, 1.82) is 0 Å². The molecule has 0 unspecified atom stereocenters. The van der Waals surface area contributed by atoms with Gasteiger partial charge in [-0.25, -0.2) is 4.79 Å². The van der Waals surface area contributed by atoms with Gasteiger partial charge >= 0.3 is 11.6 Å². The van der Waals surface area contributed by atoms with E-state index in [2.05, 4.69) is 0 Å². The topological polar surface area (TPSA) is 67.5 Å². The van der Waals surface area contributed by atoms with E-state index < -0.39 is 5.97 Å². The molecular weight excluding hydrogens is 264 g/mol. The predicted octanol–water partition coefficient (Wildman–Crippen LogP) is 2.81. The van der Waals surface area contributed by atoms with E-state index in [-0.39, 0.29) is 12.0 Å². The molecule has 4 nitrogen and oxygen atoms in total. The van der Waals surface area contributed by atoms with E-state index in [9.17, 15) is 9.59 Å². The smallest absolute Gasteiger partial charge is 0.336 e. The molecule has 0 radical (unpaired) electrons. The van der Waals surface area contributed by atoms with Crippen molar-refractivity contribution in [3.63, 3.8) is 0 Å². The highest BCUT2D eigenvalue weighted by Gasteiger charge is 2.06. The molecule has 1 aromatic carbocycles. The van der Waals surface area contributed by atoms with E-state index in [1.807, 2.05) is 25.1 Å². The van der Waals surface area contributed by atoms with Gasteiger partial charge in [0.1, 0.15) is 5.58 Å². The third-order valence-corrected chi connectivity index (χ3v) is 3.71. The number of hydrogen-bond acceptors (Lipinski definition) is 4. The Balaban J connectivity index is 2.22. The highest BCUT2D eigenvalue weighted by atomic mass is 32.2. The number of thioether (sulfide) groups is 1. The maximum absolute atomic E-state index is 11.5. The SMILES string of the molecule is Cc1ccc2c(CSCCC(=O)O)cc(=O)oc2c1. The van der Waals surface area contributed by atoms with Crippen LogP contribution >= 0.6 is 11.8 Å². The standard InChI is InChI=1S/C14H14O4S/c1-9-2-3-11-10(8-19-5-4-13(15)16)7-14(17)18-12(11)6-9/h2-3,6-7H,4-5,8H2,1H3,(H,15,16). The zero-order valence-electron chi connectivity index (χ0n) is 10.5. The Morgan fingerprint density at radius 2 is 2.16 bits per heavy atom. The molecule has 0 aliphatic rings. The first-order chi connectivity index (χ1) is 9.06. The Bertz CT molecular complexity index is 660. The molecule has 1 aromatic heterocycles. The van der Waals surface area contributed by atoms with E-state index in [1.165, 1.54) is 17.8 Å². The van der Waals surface area contributed by atoms with Gasteiger partial charge in [0.2, 0.25) is 0 Å². The van der Waals surface area contributed by atoms with E-state index >= 15 is 0 Å². The third kappa shape index (κ3) is 3.61. The zero-order valence-corrected chi connectivity index (χ0v) is 11.3. The van der Waals surface area contributed by atoms with Crippen molar-refractivity contribution in [2.75, 3.05) is 5.75 Å². The number of aliphatic carboxylic acids is 1. The lowest BCUT2D eigenvalue weighted by Gasteiger charge is -2.05. The van der Waals surface area contributed by atoms with Crippen molar-refractivity contribution in [3.8, 4) is 0 Å². The molecule has 2 rings (SSSR count). The lowest BCUT2D eigenvalue weighted by atomic mass is 10.1. The molecule has 0 fully saturated rings. The number of fused-ring (bicyclic) bond motifs is 1. The second-order valence-electron chi connectivity index (χ2n) is 4.29. The molecule has 1 heterocycles. The summed E-state index contributed by atoms with van der Waals surface area (Å²) in [5.74, 6) is 0.335. The molecule has 1 N–H and O–H groups in total. The van der Waals surface area contributed by atoms with E-state index in [1.54, 1.807) is 0 Å². The Hall–Kier alpha value is -1.75. The van der Waals surface area contributed by atoms with Crippen molar-refractivity contribution in [2.24, 2.45) is 0 Å². The van der Waals surface area contributed by atoms with Gasteiger partial charge in [-0.05, 0) is 24.1 Å². The number of carboxylic acids is 1. The van der Waals surface area contributed by atoms with Crippen LogP contribution in [0.5, 0.6) is 0 Å². The molecule has 0 aliphatic carbocycles. The number of aryl methyl sites for hydroxylation is 1. The molecule has 100 valence electrons. The predicted molar refractivity (Wildman–Crippen MR) is 75.6 cm³/mol. The lowest BCUT2D eigenvalue weighted by molar-refractivity contribution is -0.136. The average Bonchev–Trinajstić information content (AvgIpc) is 2.33. The molecular formula is C14H14O4S. The Labute approximate surface area is 114 Å². The minimum Gasteiger partial charge on any atom is -0.481 e. The van der Waals surface area contributed by atoms with Crippen LogP contribution in [0.15, 0.2) is 33.5 Å². The van der Waals surface area contributed by atoms with Crippen LogP contribution in [0.25, 0.3) is 11.0 Å². The van der Waals surface area contributed by atoms with Gasteiger partial charge in [-0.1, -0.05) is 12.1 Å². The zero-order chi connectivity index (χ0) is 13.8. The van der Waals surface area contributed by atoms with Crippen LogP contribution in [0.4, 0.5) is 0 Å².